The van der Waals surface area contributed by atoms with Crippen molar-refractivity contribution in [3.05, 3.63) is 71.3 Å². The molecule has 13 heteroatoms. The Morgan fingerprint density at radius 3 is 2.67 bits per heavy atom. The number of piperidine rings is 1. The fourth-order valence-corrected chi connectivity index (χ4v) is 5.65. The van der Waals surface area contributed by atoms with Gasteiger partial charge in [-0.3, -0.25) is 4.98 Å². The van der Waals surface area contributed by atoms with E-state index in [1.165, 1.54) is 30.5 Å². The number of sulfone groups is 1. The van der Waals surface area contributed by atoms with Crippen molar-refractivity contribution in [2.45, 2.75) is 37.8 Å². The van der Waals surface area contributed by atoms with Crippen LogP contribution in [0.5, 0.6) is 0 Å². The molecule has 5 rings (SSSR count). The van der Waals surface area contributed by atoms with Crippen LogP contribution in [0.2, 0.25) is 0 Å². The molecule has 1 aromatic carbocycles. The standard InChI is InChI=1S/C29H35F2N7O3S/c1-17-15-38(16-24(33)28(17)41-9-10-42(2,39)40)26-7-8-34-14-25(26)37-29-35-13-20(36-29)5-6-23(32)27-21(30)11-19(12-22(27)31)18-3-4-18/h5-8,11-14,17-18,24,28,32H,3-4,9-10,15-16,33H2,1-2H3,(H2,35,36,37)/b6-5-,32-23?. The third-order valence-electron chi connectivity index (χ3n) is 7.49. The van der Waals surface area contributed by atoms with Gasteiger partial charge < -0.3 is 31.1 Å². The maximum absolute atomic E-state index is 14.6. The fourth-order valence-electron chi connectivity index (χ4n) is 5.26. The van der Waals surface area contributed by atoms with Crippen LogP contribution in [-0.4, -0.2) is 72.9 Å². The van der Waals surface area contributed by atoms with Gasteiger partial charge in [0.1, 0.15) is 21.5 Å². The summed E-state index contributed by atoms with van der Waals surface area (Å²) < 4.78 is 58.0. The first-order valence-electron chi connectivity index (χ1n) is 13.8. The van der Waals surface area contributed by atoms with Gasteiger partial charge in [-0.25, -0.2) is 22.2 Å². The number of pyridine rings is 1. The van der Waals surface area contributed by atoms with E-state index in [1.807, 2.05) is 13.0 Å². The van der Waals surface area contributed by atoms with Crippen molar-refractivity contribution in [2.24, 2.45) is 11.7 Å². The molecule has 10 nitrogen and oxygen atoms in total. The molecule has 5 N–H and O–H groups in total. The summed E-state index contributed by atoms with van der Waals surface area (Å²) in [6.45, 7) is 3.26. The van der Waals surface area contributed by atoms with E-state index in [-0.39, 0.29) is 47.6 Å². The zero-order valence-corrected chi connectivity index (χ0v) is 24.3. The van der Waals surface area contributed by atoms with E-state index in [9.17, 15) is 17.2 Å². The zero-order valence-electron chi connectivity index (χ0n) is 23.5. The molecule has 3 heterocycles. The predicted molar refractivity (Wildman–Crippen MR) is 159 cm³/mol. The quantitative estimate of drug-likeness (QED) is 0.242. The molecule has 3 atom stereocenters. The molecule has 1 saturated heterocycles. The van der Waals surface area contributed by atoms with Crippen LogP contribution in [0.25, 0.3) is 6.08 Å². The summed E-state index contributed by atoms with van der Waals surface area (Å²) in [5, 5.41) is 11.4. The van der Waals surface area contributed by atoms with E-state index in [2.05, 4.69) is 25.2 Å². The number of rotatable bonds is 11. The third-order valence-corrected chi connectivity index (χ3v) is 8.39. The van der Waals surface area contributed by atoms with Crippen LogP contribution in [0.1, 0.15) is 42.5 Å². The van der Waals surface area contributed by atoms with Crippen LogP contribution in [0.4, 0.5) is 26.1 Å². The number of ether oxygens (including phenoxy) is 1. The molecule has 0 amide bonds. The minimum atomic E-state index is -3.12. The number of hydrogen-bond acceptors (Lipinski definition) is 9. The van der Waals surface area contributed by atoms with Gasteiger partial charge in [0.2, 0.25) is 5.95 Å². The fraction of sp³-hybridized carbons (Fsp3) is 0.414. The number of aromatic nitrogens is 3. The number of nitrogens with one attached hydrogen (secondary N) is 3. The molecule has 1 aliphatic carbocycles. The molecule has 42 heavy (non-hydrogen) atoms. The lowest BCUT2D eigenvalue weighted by molar-refractivity contribution is 0.00183. The molecule has 3 aromatic rings. The maximum atomic E-state index is 14.6. The molecular formula is C29H35F2N7O3S. The van der Waals surface area contributed by atoms with Crippen molar-refractivity contribution < 1.29 is 21.9 Å². The minimum Gasteiger partial charge on any atom is -0.375 e. The highest BCUT2D eigenvalue weighted by molar-refractivity contribution is 7.90. The average molecular weight is 600 g/mol. The van der Waals surface area contributed by atoms with Gasteiger partial charge in [0.15, 0.2) is 0 Å². The van der Waals surface area contributed by atoms with Crippen LogP contribution in [0.15, 0.2) is 42.9 Å². The zero-order chi connectivity index (χ0) is 30.0. The molecular weight excluding hydrogens is 564 g/mol. The Balaban J connectivity index is 1.23. The lowest BCUT2D eigenvalue weighted by Gasteiger charge is -2.42. The van der Waals surface area contributed by atoms with E-state index in [0.717, 1.165) is 18.5 Å². The number of anilines is 3. The second-order valence-corrected chi connectivity index (χ2v) is 13.4. The number of imidazole rings is 1. The highest BCUT2D eigenvalue weighted by Gasteiger charge is 2.34. The van der Waals surface area contributed by atoms with Gasteiger partial charge >= 0.3 is 0 Å². The molecule has 2 aromatic heterocycles. The molecule has 224 valence electrons. The lowest BCUT2D eigenvalue weighted by atomic mass is 9.92. The molecule has 2 aliphatic rings. The predicted octanol–water partition coefficient (Wildman–Crippen LogP) is 4.00. The van der Waals surface area contributed by atoms with E-state index in [1.54, 1.807) is 18.6 Å². The van der Waals surface area contributed by atoms with Gasteiger partial charge in [-0.2, -0.15) is 0 Å². The first kappa shape index (κ1) is 29.8. The second kappa shape index (κ2) is 12.3. The van der Waals surface area contributed by atoms with Gasteiger partial charge in [-0.05, 0) is 54.7 Å². The number of nitrogens with two attached hydrogens (primary N) is 1. The summed E-state index contributed by atoms with van der Waals surface area (Å²) in [7, 11) is -3.12. The Morgan fingerprint density at radius 1 is 1.26 bits per heavy atom. The highest BCUT2D eigenvalue weighted by atomic mass is 32.2. The first-order chi connectivity index (χ1) is 20.0. The summed E-state index contributed by atoms with van der Waals surface area (Å²) in [5.74, 6) is -0.845. The highest BCUT2D eigenvalue weighted by Crippen LogP contribution is 2.41. The van der Waals surface area contributed by atoms with Crippen LogP contribution >= 0.6 is 0 Å². The minimum absolute atomic E-state index is 0.0459. The SMILES string of the molecule is CC1CN(c2ccncc2Nc2ncc(/C=C\C(=N)c3c(F)cc(C4CC4)cc3F)[nH]2)CC(N)C1OCCS(C)(=O)=O. The van der Waals surface area contributed by atoms with Crippen molar-refractivity contribution in [3.8, 4) is 0 Å². The van der Waals surface area contributed by atoms with E-state index in [0.29, 0.717) is 36.0 Å². The summed E-state index contributed by atoms with van der Waals surface area (Å²) in [6.07, 6.45) is 10.5. The number of aromatic amines is 1. The Morgan fingerprint density at radius 2 is 2.00 bits per heavy atom. The van der Waals surface area contributed by atoms with Crippen LogP contribution in [-0.2, 0) is 14.6 Å². The molecule has 3 unspecified atom stereocenters. The Hall–Kier alpha value is -3.68. The largest absolute Gasteiger partial charge is 0.375 e. The van der Waals surface area contributed by atoms with E-state index in [4.69, 9.17) is 15.9 Å². The first-order valence-corrected chi connectivity index (χ1v) is 15.9. The Labute approximate surface area is 243 Å². The van der Waals surface area contributed by atoms with Gasteiger partial charge in [-0.15, -0.1) is 0 Å². The molecule has 1 saturated carbocycles. The van der Waals surface area contributed by atoms with Gasteiger partial charge in [0.05, 0.1) is 59.2 Å². The topological polar surface area (TPSA) is 150 Å². The number of H-pyrrole nitrogens is 1. The maximum Gasteiger partial charge on any atom is 0.205 e. The molecule has 2 fully saturated rings. The summed E-state index contributed by atoms with van der Waals surface area (Å²) in [4.78, 5) is 13.8. The summed E-state index contributed by atoms with van der Waals surface area (Å²) >= 11 is 0. The Kier molecular flexibility index (Phi) is 8.71. The number of allylic oxidation sites excluding steroid dienone is 1. The number of halogens is 2. The molecule has 0 spiro atoms. The van der Waals surface area contributed by atoms with E-state index < -0.39 is 21.5 Å². The van der Waals surface area contributed by atoms with Crippen LogP contribution < -0.4 is 16.0 Å². The van der Waals surface area contributed by atoms with Crippen molar-refractivity contribution in [2.75, 3.05) is 41.9 Å². The van der Waals surface area contributed by atoms with Crippen LogP contribution in [0.3, 0.4) is 0 Å². The molecule has 0 bridgehead atoms. The second-order valence-electron chi connectivity index (χ2n) is 11.1. The monoisotopic (exact) mass is 599 g/mol. The van der Waals surface area contributed by atoms with Crippen molar-refractivity contribution in [1.82, 2.24) is 15.0 Å². The van der Waals surface area contributed by atoms with Gasteiger partial charge in [0, 0.05) is 37.5 Å². The van der Waals surface area contributed by atoms with Gasteiger partial charge in [0.25, 0.3) is 0 Å². The third kappa shape index (κ3) is 7.20. The van der Waals surface area contributed by atoms with Crippen LogP contribution in [0, 0.1) is 23.0 Å². The lowest BCUT2D eigenvalue weighted by Crippen LogP contribution is -2.57. The number of hydrogen-bond donors (Lipinski definition) is 4. The van der Waals surface area contributed by atoms with Crippen molar-refractivity contribution >= 4 is 38.9 Å². The average Bonchev–Trinajstić information content (AvgIpc) is 3.68. The summed E-state index contributed by atoms with van der Waals surface area (Å²) in [5.41, 5.74) is 8.54. The van der Waals surface area contributed by atoms with Gasteiger partial charge in [-0.1, -0.05) is 6.92 Å². The number of benzene rings is 1. The molecule has 1 aliphatic heterocycles. The van der Waals surface area contributed by atoms with Crippen molar-refractivity contribution in [3.63, 3.8) is 0 Å². The van der Waals surface area contributed by atoms with Crippen molar-refractivity contribution in [1.29, 1.82) is 5.41 Å². The smallest absolute Gasteiger partial charge is 0.205 e. The number of nitrogens with zero attached hydrogens (tertiary/aromatic N) is 3. The Bertz CT molecular complexity index is 1550. The van der Waals surface area contributed by atoms with E-state index >= 15 is 0 Å². The summed E-state index contributed by atoms with van der Waals surface area (Å²) in [6, 6.07) is 4.19. The molecule has 0 radical (unpaired) electrons. The normalized spacial score (nSPS) is 21.2.